The summed E-state index contributed by atoms with van der Waals surface area (Å²) in [6, 6.07) is 0.166. The Labute approximate surface area is 101 Å². The average Bonchev–Trinajstić information content (AvgIpc) is 2.75. The molecule has 5 nitrogen and oxygen atoms in total. The number of amides is 1. The maximum absolute atomic E-state index is 12.0. The van der Waals surface area contributed by atoms with Crippen LogP contribution in [-0.4, -0.2) is 35.3 Å². The molecule has 96 valence electrons. The highest BCUT2D eigenvalue weighted by Gasteiger charge is 2.50. The molecule has 2 bridgehead atoms. The SMILES string of the molecule is CC(C)(C)OC(=O)N1[C@@H]2CC[C@@H](C2)[C@H]1OC=O. The molecule has 1 saturated heterocycles. The Hall–Kier alpha value is -1.26. The fourth-order valence-corrected chi connectivity index (χ4v) is 2.74. The fraction of sp³-hybridized carbons (Fsp3) is 0.833. The standard InChI is InChI=1S/C12H19NO4/c1-12(2,3)17-11(15)13-9-5-4-8(6-9)10(13)16-7-14/h7-10H,4-6H2,1-3H3/t8-,9+,10+/m0/s1. The molecule has 1 amide bonds. The summed E-state index contributed by atoms with van der Waals surface area (Å²) in [7, 11) is 0. The Morgan fingerprint density at radius 1 is 1.35 bits per heavy atom. The van der Waals surface area contributed by atoms with Gasteiger partial charge in [-0.25, -0.2) is 4.79 Å². The lowest BCUT2D eigenvalue weighted by atomic mass is 10.1. The van der Waals surface area contributed by atoms with Gasteiger partial charge in [-0.1, -0.05) is 0 Å². The van der Waals surface area contributed by atoms with Gasteiger partial charge < -0.3 is 9.47 Å². The summed E-state index contributed by atoms with van der Waals surface area (Å²) in [6.07, 6.45) is 2.10. The topological polar surface area (TPSA) is 55.8 Å². The molecule has 0 aromatic heterocycles. The van der Waals surface area contributed by atoms with Crippen LogP contribution in [0, 0.1) is 5.92 Å². The van der Waals surface area contributed by atoms with Crippen molar-refractivity contribution in [1.29, 1.82) is 0 Å². The summed E-state index contributed by atoms with van der Waals surface area (Å²) in [6.45, 7) is 5.90. The van der Waals surface area contributed by atoms with Gasteiger partial charge in [0.25, 0.3) is 6.47 Å². The lowest BCUT2D eigenvalue weighted by Crippen LogP contribution is -2.48. The van der Waals surface area contributed by atoms with Gasteiger partial charge in [0.15, 0.2) is 6.23 Å². The van der Waals surface area contributed by atoms with Gasteiger partial charge in [-0.3, -0.25) is 9.69 Å². The van der Waals surface area contributed by atoms with Crippen LogP contribution in [0.2, 0.25) is 0 Å². The summed E-state index contributed by atoms with van der Waals surface area (Å²) >= 11 is 0. The Bertz CT molecular complexity index is 323. The molecule has 0 radical (unpaired) electrons. The minimum absolute atomic E-state index is 0.166. The van der Waals surface area contributed by atoms with Crippen LogP contribution in [0.25, 0.3) is 0 Å². The van der Waals surface area contributed by atoms with Gasteiger partial charge in [-0.15, -0.1) is 0 Å². The number of hydrogen-bond donors (Lipinski definition) is 0. The van der Waals surface area contributed by atoms with Gasteiger partial charge >= 0.3 is 6.09 Å². The number of carbonyl (C=O) groups is 2. The van der Waals surface area contributed by atoms with Crippen LogP contribution >= 0.6 is 0 Å². The van der Waals surface area contributed by atoms with Crippen molar-refractivity contribution in [2.75, 3.05) is 0 Å². The van der Waals surface area contributed by atoms with Gasteiger partial charge in [0, 0.05) is 12.0 Å². The van der Waals surface area contributed by atoms with Crippen molar-refractivity contribution in [2.45, 2.75) is 57.9 Å². The van der Waals surface area contributed by atoms with E-state index >= 15 is 0 Å². The highest BCUT2D eigenvalue weighted by molar-refractivity contribution is 5.69. The van der Waals surface area contributed by atoms with E-state index in [0.29, 0.717) is 6.47 Å². The van der Waals surface area contributed by atoms with E-state index in [0.717, 1.165) is 19.3 Å². The lowest BCUT2D eigenvalue weighted by Gasteiger charge is -2.34. The zero-order chi connectivity index (χ0) is 12.6. The number of nitrogens with zero attached hydrogens (tertiary/aromatic N) is 1. The third-order valence-electron chi connectivity index (χ3n) is 3.32. The van der Waals surface area contributed by atoms with Gasteiger partial charge in [-0.05, 0) is 40.0 Å². The van der Waals surface area contributed by atoms with E-state index in [4.69, 9.17) is 9.47 Å². The molecule has 5 heteroatoms. The second kappa shape index (κ2) is 4.20. The van der Waals surface area contributed by atoms with Crippen molar-refractivity contribution in [3.63, 3.8) is 0 Å². The molecule has 0 aromatic rings. The van der Waals surface area contributed by atoms with Crippen molar-refractivity contribution >= 4 is 12.6 Å². The molecule has 0 spiro atoms. The predicted octanol–water partition coefficient (Wildman–Crippen LogP) is 1.90. The van der Waals surface area contributed by atoms with Crippen LogP contribution < -0.4 is 0 Å². The van der Waals surface area contributed by atoms with Crippen LogP contribution in [0.4, 0.5) is 4.79 Å². The quantitative estimate of drug-likeness (QED) is 0.693. The summed E-state index contributed by atoms with van der Waals surface area (Å²) in [5.41, 5.74) is -0.523. The van der Waals surface area contributed by atoms with Crippen molar-refractivity contribution < 1.29 is 19.1 Å². The molecule has 2 fully saturated rings. The van der Waals surface area contributed by atoms with E-state index in [-0.39, 0.29) is 18.1 Å². The van der Waals surface area contributed by atoms with Crippen molar-refractivity contribution in [3.05, 3.63) is 0 Å². The van der Waals surface area contributed by atoms with E-state index in [9.17, 15) is 9.59 Å². The normalized spacial score (nSPS) is 31.5. The first kappa shape index (κ1) is 12.2. The zero-order valence-electron chi connectivity index (χ0n) is 10.5. The van der Waals surface area contributed by atoms with E-state index in [1.807, 2.05) is 20.8 Å². The van der Waals surface area contributed by atoms with E-state index in [1.165, 1.54) is 0 Å². The first-order chi connectivity index (χ1) is 7.92. The van der Waals surface area contributed by atoms with Crippen molar-refractivity contribution in [1.82, 2.24) is 4.90 Å². The Balaban J connectivity index is 2.07. The van der Waals surface area contributed by atoms with Crippen LogP contribution in [-0.2, 0) is 14.3 Å². The number of carbonyl (C=O) groups excluding carboxylic acids is 2. The van der Waals surface area contributed by atoms with Gasteiger partial charge in [0.1, 0.15) is 5.60 Å². The molecule has 17 heavy (non-hydrogen) atoms. The maximum atomic E-state index is 12.0. The second-order valence-electron chi connectivity index (χ2n) is 5.74. The van der Waals surface area contributed by atoms with Gasteiger partial charge in [-0.2, -0.15) is 0 Å². The van der Waals surface area contributed by atoms with Crippen molar-refractivity contribution in [2.24, 2.45) is 5.92 Å². The van der Waals surface area contributed by atoms with Gasteiger partial charge in [0.05, 0.1) is 0 Å². The molecule has 1 heterocycles. The molecule has 2 rings (SSSR count). The number of likely N-dealkylation sites (tertiary alicyclic amines) is 1. The maximum Gasteiger partial charge on any atom is 0.413 e. The van der Waals surface area contributed by atoms with Crippen LogP contribution in [0.5, 0.6) is 0 Å². The third kappa shape index (κ3) is 2.37. The number of piperidine rings is 1. The Morgan fingerprint density at radius 3 is 2.65 bits per heavy atom. The van der Waals surface area contributed by atoms with Crippen molar-refractivity contribution in [3.8, 4) is 0 Å². The fourth-order valence-electron chi connectivity index (χ4n) is 2.74. The summed E-state index contributed by atoms with van der Waals surface area (Å²) in [5, 5.41) is 0. The summed E-state index contributed by atoms with van der Waals surface area (Å²) < 4.78 is 10.4. The molecule has 3 atom stereocenters. The second-order valence-corrected chi connectivity index (χ2v) is 5.74. The van der Waals surface area contributed by atoms with Crippen LogP contribution in [0.15, 0.2) is 0 Å². The third-order valence-corrected chi connectivity index (χ3v) is 3.32. The average molecular weight is 241 g/mol. The van der Waals surface area contributed by atoms with E-state index in [1.54, 1.807) is 4.90 Å². The molecule has 1 aliphatic heterocycles. The highest BCUT2D eigenvalue weighted by atomic mass is 16.6. The predicted molar refractivity (Wildman–Crippen MR) is 60.1 cm³/mol. The molecule has 2 aliphatic rings. The highest BCUT2D eigenvalue weighted by Crippen LogP contribution is 2.43. The summed E-state index contributed by atoms with van der Waals surface area (Å²) in [4.78, 5) is 24.1. The van der Waals surface area contributed by atoms with Crippen LogP contribution in [0.3, 0.4) is 0 Å². The number of ether oxygens (including phenoxy) is 2. The first-order valence-corrected chi connectivity index (χ1v) is 6.03. The largest absolute Gasteiger partial charge is 0.444 e. The molecular formula is C12H19NO4. The number of rotatable bonds is 2. The Kier molecular flexibility index (Phi) is 3.02. The smallest absolute Gasteiger partial charge is 0.413 e. The number of hydrogen-bond acceptors (Lipinski definition) is 4. The molecule has 0 unspecified atom stereocenters. The number of fused-ring (bicyclic) bond motifs is 2. The van der Waals surface area contributed by atoms with E-state index in [2.05, 4.69) is 0 Å². The van der Waals surface area contributed by atoms with Gasteiger partial charge in [0.2, 0.25) is 0 Å². The molecule has 0 N–H and O–H groups in total. The zero-order valence-corrected chi connectivity index (χ0v) is 10.5. The van der Waals surface area contributed by atoms with Crippen LogP contribution in [0.1, 0.15) is 40.0 Å². The van der Waals surface area contributed by atoms with E-state index < -0.39 is 11.8 Å². The molecule has 0 aromatic carbocycles. The molecule has 1 saturated carbocycles. The lowest BCUT2D eigenvalue weighted by molar-refractivity contribution is -0.146. The monoisotopic (exact) mass is 241 g/mol. The first-order valence-electron chi connectivity index (χ1n) is 6.03. The minimum atomic E-state index is -0.523. The molecular weight excluding hydrogens is 222 g/mol. The Morgan fingerprint density at radius 2 is 2.06 bits per heavy atom. The minimum Gasteiger partial charge on any atom is -0.444 e. The summed E-state index contributed by atoms with van der Waals surface area (Å²) in [5.74, 6) is 0.276. The molecule has 1 aliphatic carbocycles.